The van der Waals surface area contributed by atoms with Gasteiger partial charge in [0.25, 0.3) is 6.43 Å². The van der Waals surface area contributed by atoms with Crippen LogP contribution in [-0.4, -0.2) is 9.97 Å². The zero-order valence-electron chi connectivity index (χ0n) is 14.0. The van der Waals surface area contributed by atoms with Crippen molar-refractivity contribution >= 4 is 30.5 Å². The maximum absolute atomic E-state index is 14.4. The minimum Gasteiger partial charge on any atom is -0.363 e. The number of anilines is 1. The molecule has 0 spiro atoms. The summed E-state index contributed by atoms with van der Waals surface area (Å²) in [6.07, 6.45) is -2.89. The van der Waals surface area contributed by atoms with Gasteiger partial charge in [-0.15, -0.1) is 0 Å². The van der Waals surface area contributed by atoms with Crippen molar-refractivity contribution in [3.8, 4) is 0 Å². The number of aromatic nitrogens is 2. The molecule has 0 aliphatic rings. The molecule has 134 valence electrons. The van der Waals surface area contributed by atoms with E-state index in [1.807, 2.05) is 0 Å². The van der Waals surface area contributed by atoms with Crippen molar-refractivity contribution in [3.63, 3.8) is 0 Å². The second-order valence-electron chi connectivity index (χ2n) is 5.83. The largest absolute Gasteiger partial charge is 0.363 e. The van der Waals surface area contributed by atoms with Crippen molar-refractivity contribution < 1.29 is 17.7 Å². The molecular formula is C18H15F3N3OP. The Morgan fingerprint density at radius 1 is 1.12 bits per heavy atom. The van der Waals surface area contributed by atoms with Gasteiger partial charge in [0.1, 0.15) is 17.5 Å². The summed E-state index contributed by atoms with van der Waals surface area (Å²) in [6, 6.07) is 8.39. The van der Waals surface area contributed by atoms with E-state index in [4.69, 9.17) is 0 Å². The van der Waals surface area contributed by atoms with Crippen molar-refractivity contribution in [1.29, 1.82) is 0 Å². The van der Waals surface area contributed by atoms with E-state index in [9.17, 15) is 17.7 Å². The number of rotatable bonds is 5. The monoisotopic (exact) mass is 377 g/mol. The van der Waals surface area contributed by atoms with Crippen LogP contribution in [0.15, 0.2) is 36.4 Å². The molecule has 1 N–H and O–H groups in total. The third-order valence-corrected chi connectivity index (χ3v) is 4.50. The SMILES string of the molecule is Cc1nc(N[C@H](C)c2cccc(C(F)F)c2F)c2cc(P=O)ccc2n1. The molecule has 1 atom stereocenters. The highest BCUT2D eigenvalue weighted by molar-refractivity contribution is 7.34. The molecule has 0 fully saturated rings. The first-order chi connectivity index (χ1) is 12.4. The van der Waals surface area contributed by atoms with Gasteiger partial charge in [-0.2, -0.15) is 0 Å². The summed E-state index contributed by atoms with van der Waals surface area (Å²) in [4.78, 5) is 8.65. The van der Waals surface area contributed by atoms with Crippen LogP contribution in [0.2, 0.25) is 0 Å². The second kappa shape index (κ2) is 7.38. The molecule has 0 saturated carbocycles. The molecule has 1 aromatic heterocycles. The number of halogens is 3. The van der Waals surface area contributed by atoms with Gasteiger partial charge in [0, 0.05) is 16.3 Å². The van der Waals surface area contributed by atoms with E-state index >= 15 is 0 Å². The third-order valence-electron chi connectivity index (χ3n) is 4.01. The van der Waals surface area contributed by atoms with Crippen LogP contribution in [0.5, 0.6) is 0 Å². The van der Waals surface area contributed by atoms with Crippen molar-refractivity contribution in [2.24, 2.45) is 0 Å². The zero-order valence-corrected chi connectivity index (χ0v) is 14.9. The molecule has 3 aromatic rings. The Balaban J connectivity index is 2.03. The minimum absolute atomic E-state index is 0.116. The smallest absolute Gasteiger partial charge is 0.266 e. The summed E-state index contributed by atoms with van der Waals surface area (Å²) >= 11 is 0. The highest BCUT2D eigenvalue weighted by atomic mass is 31.1. The number of alkyl halides is 2. The van der Waals surface area contributed by atoms with Crippen molar-refractivity contribution in [2.45, 2.75) is 26.3 Å². The van der Waals surface area contributed by atoms with Gasteiger partial charge in [-0.1, -0.05) is 18.2 Å². The van der Waals surface area contributed by atoms with E-state index < -0.39 is 23.8 Å². The van der Waals surface area contributed by atoms with Gasteiger partial charge in [0.2, 0.25) is 0 Å². The number of hydrogen-bond donors (Lipinski definition) is 1. The lowest BCUT2D eigenvalue weighted by atomic mass is 10.0. The normalized spacial score (nSPS) is 12.7. The Bertz CT molecular complexity index is 981. The molecule has 0 unspecified atom stereocenters. The van der Waals surface area contributed by atoms with Gasteiger partial charge in [-0.05, 0) is 32.0 Å². The molecule has 0 radical (unpaired) electrons. The standard InChI is InChI=1S/C18H15F3N3OP/c1-9(12-4-3-5-13(16(12)19)17(20)21)22-18-14-8-11(26-25)6-7-15(14)23-10(2)24-18/h3-9,17H,1-2H3,(H,22,23,24)/t9-/m1/s1. The van der Waals surface area contributed by atoms with Gasteiger partial charge in [-0.3, -0.25) is 4.57 Å². The van der Waals surface area contributed by atoms with Crippen molar-refractivity contribution in [2.75, 3.05) is 5.32 Å². The van der Waals surface area contributed by atoms with Crippen LogP contribution in [-0.2, 0) is 4.57 Å². The molecule has 0 amide bonds. The Kier molecular flexibility index (Phi) is 5.18. The Morgan fingerprint density at radius 3 is 2.54 bits per heavy atom. The highest BCUT2D eigenvalue weighted by Crippen LogP contribution is 2.30. The lowest BCUT2D eigenvalue weighted by Crippen LogP contribution is -2.12. The molecule has 26 heavy (non-hydrogen) atoms. The molecular weight excluding hydrogens is 362 g/mol. The average molecular weight is 377 g/mol. The van der Waals surface area contributed by atoms with Gasteiger partial charge in [0.15, 0.2) is 8.46 Å². The maximum Gasteiger partial charge on any atom is 0.266 e. The van der Waals surface area contributed by atoms with E-state index in [2.05, 4.69) is 15.3 Å². The first kappa shape index (κ1) is 18.3. The molecule has 0 bridgehead atoms. The van der Waals surface area contributed by atoms with E-state index in [-0.39, 0.29) is 14.0 Å². The summed E-state index contributed by atoms with van der Waals surface area (Å²) < 4.78 is 51.4. The summed E-state index contributed by atoms with van der Waals surface area (Å²) in [5, 5.41) is 4.23. The second-order valence-corrected chi connectivity index (χ2v) is 6.53. The summed E-state index contributed by atoms with van der Waals surface area (Å²) in [7, 11) is -0.142. The fraction of sp³-hybridized carbons (Fsp3) is 0.222. The topological polar surface area (TPSA) is 54.9 Å². The Hall–Kier alpha value is -2.53. The molecule has 0 aliphatic heterocycles. The van der Waals surface area contributed by atoms with Crippen LogP contribution in [0.4, 0.5) is 19.0 Å². The first-order valence-corrected chi connectivity index (χ1v) is 8.66. The van der Waals surface area contributed by atoms with Gasteiger partial charge < -0.3 is 5.32 Å². The lowest BCUT2D eigenvalue weighted by Gasteiger charge is -2.18. The predicted octanol–water partition coefficient (Wildman–Crippen LogP) is 5.11. The van der Waals surface area contributed by atoms with Crippen LogP contribution < -0.4 is 10.6 Å². The minimum atomic E-state index is -2.89. The Morgan fingerprint density at radius 2 is 1.85 bits per heavy atom. The molecule has 2 aromatic carbocycles. The number of aryl methyl sites for hydroxylation is 1. The van der Waals surface area contributed by atoms with E-state index in [1.165, 1.54) is 12.1 Å². The van der Waals surface area contributed by atoms with Crippen LogP contribution in [0.1, 0.15) is 36.3 Å². The van der Waals surface area contributed by atoms with Crippen LogP contribution in [0.25, 0.3) is 10.9 Å². The average Bonchev–Trinajstić information content (AvgIpc) is 2.61. The van der Waals surface area contributed by atoms with Crippen molar-refractivity contribution in [3.05, 3.63) is 59.2 Å². The van der Waals surface area contributed by atoms with E-state index in [0.717, 1.165) is 6.07 Å². The van der Waals surface area contributed by atoms with E-state index in [0.29, 0.717) is 27.8 Å². The van der Waals surface area contributed by atoms with Gasteiger partial charge in [0.05, 0.1) is 17.1 Å². The van der Waals surface area contributed by atoms with E-state index in [1.54, 1.807) is 32.0 Å². The third kappa shape index (κ3) is 3.53. The molecule has 8 heteroatoms. The molecule has 1 heterocycles. The van der Waals surface area contributed by atoms with Gasteiger partial charge >= 0.3 is 0 Å². The maximum atomic E-state index is 14.4. The van der Waals surface area contributed by atoms with Crippen LogP contribution in [0.3, 0.4) is 0 Å². The zero-order chi connectivity index (χ0) is 18.8. The molecule has 0 saturated heterocycles. The quantitative estimate of drug-likeness (QED) is 0.628. The fourth-order valence-corrected chi connectivity index (χ4v) is 3.07. The predicted molar refractivity (Wildman–Crippen MR) is 94.9 cm³/mol. The molecule has 0 aliphatic carbocycles. The number of benzene rings is 2. The van der Waals surface area contributed by atoms with Crippen molar-refractivity contribution in [1.82, 2.24) is 9.97 Å². The fourth-order valence-electron chi connectivity index (χ4n) is 2.75. The molecule has 4 nitrogen and oxygen atoms in total. The van der Waals surface area contributed by atoms with Crippen LogP contribution in [0, 0.1) is 12.7 Å². The number of fused-ring (bicyclic) bond motifs is 1. The number of nitrogens with one attached hydrogen (secondary N) is 1. The first-order valence-electron chi connectivity index (χ1n) is 7.85. The number of hydrogen-bond acceptors (Lipinski definition) is 4. The lowest BCUT2D eigenvalue weighted by molar-refractivity contribution is 0.146. The summed E-state index contributed by atoms with van der Waals surface area (Å²) in [6.45, 7) is 3.37. The molecule has 3 rings (SSSR count). The van der Waals surface area contributed by atoms with Gasteiger partial charge in [-0.25, -0.2) is 23.1 Å². The van der Waals surface area contributed by atoms with Crippen LogP contribution >= 0.6 is 8.46 Å². The summed E-state index contributed by atoms with van der Waals surface area (Å²) in [5.41, 5.74) is 0.124. The Labute approximate surface area is 149 Å². The number of nitrogens with zero attached hydrogens (tertiary/aromatic N) is 2. The highest BCUT2D eigenvalue weighted by Gasteiger charge is 2.20. The summed E-state index contributed by atoms with van der Waals surface area (Å²) in [5.74, 6) is -0.00914.